The van der Waals surface area contributed by atoms with E-state index in [1.807, 2.05) is 48.5 Å². The summed E-state index contributed by atoms with van der Waals surface area (Å²) in [5.41, 5.74) is 3.43. The van der Waals surface area contributed by atoms with E-state index in [1.165, 1.54) is 13.2 Å². The monoisotopic (exact) mass is 415 g/mol. The van der Waals surface area contributed by atoms with Crippen LogP contribution in [0.2, 0.25) is 0 Å². The minimum Gasteiger partial charge on any atom is -0.507 e. The first-order valence-electron chi connectivity index (χ1n) is 9.72. The van der Waals surface area contributed by atoms with Crippen LogP contribution in [0.25, 0.3) is 23.5 Å². The van der Waals surface area contributed by atoms with E-state index in [2.05, 4.69) is 0 Å². The second kappa shape index (κ2) is 9.67. The van der Waals surface area contributed by atoms with E-state index in [4.69, 9.17) is 14.9 Å². The van der Waals surface area contributed by atoms with Crippen molar-refractivity contribution >= 4 is 29.2 Å². The lowest BCUT2D eigenvalue weighted by Gasteiger charge is -2.17. The van der Waals surface area contributed by atoms with Gasteiger partial charge in [0.25, 0.3) is 0 Å². The summed E-state index contributed by atoms with van der Waals surface area (Å²) in [6.07, 6.45) is 3.64. The number of aromatic hydroxyl groups is 2. The van der Waals surface area contributed by atoms with Crippen LogP contribution in [-0.2, 0) is 4.74 Å². The minimum atomic E-state index is -0.140. The molecule has 0 aliphatic carbocycles. The summed E-state index contributed by atoms with van der Waals surface area (Å²) in [6.45, 7) is 1.66. The number of hydrogen-bond acceptors (Lipinski definition) is 5. The molecule has 0 saturated carbocycles. The lowest BCUT2D eigenvalue weighted by molar-refractivity contribution is 0.367. The Balaban J connectivity index is 2.14. The molecule has 158 valence electrons. The van der Waals surface area contributed by atoms with Crippen molar-refractivity contribution < 1.29 is 19.7 Å². The third-order valence-electron chi connectivity index (χ3n) is 4.83. The molecule has 5 heteroatoms. The predicted octanol–water partition coefficient (Wildman–Crippen LogP) is 5.83. The highest BCUT2D eigenvalue weighted by Gasteiger charge is 2.19. The molecular weight excluding hydrogens is 390 g/mol. The average molecular weight is 415 g/mol. The molecule has 3 aromatic carbocycles. The van der Waals surface area contributed by atoms with Crippen LogP contribution in [0.5, 0.6) is 17.2 Å². The van der Waals surface area contributed by atoms with Crippen molar-refractivity contribution in [3.05, 3.63) is 89.0 Å². The van der Waals surface area contributed by atoms with Crippen molar-refractivity contribution in [3.63, 3.8) is 0 Å². The van der Waals surface area contributed by atoms with Crippen molar-refractivity contribution in [2.45, 2.75) is 6.92 Å². The quantitative estimate of drug-likeness (QED) is 0.257. The van der Waals surface area contributed by atoms with E-state index in [-0.39, 0.29) is 17.2 Å². The number of hydrogen-bond donors (Lipinski definition) is 3. The summed E-state index contributed by atoms with van der Waals surface area (Å²) in [6, 6.07) is 19.9. The van der Waals surface area contributed by atoms with Crippen LogP contribution < -0.4 is 4.74 Å². The Morgan fingerprint density at radius 3 is 2.13 bits per heavy atom. The number of benzene rings is 3. The van der Waals surface area contributed by atoms with E-state index < -0.39 is 0 Å². The molecule has 5 nitrogen and oxygen atoms in total. The topological polar surface area (TPSA) is 82.8 Å². The number of rotatable bonds is 7. The zero-order chi connectivity index (χ0) is 22.4. The van der Waals surface area contributed by atoms with Crippen molar-refractivity contribution in [2.24, 2.45) is 0 Å². The standard InChI is InChI=1S/C26H25NO4/c1-17(27)25(19-11-13-21(30-2)14-12-19)26(31-3)22-15-20(23(28)16-24(22)29)10-9-18-7-5-4-6-8-18/h4-16,27-29H,1-3H3/b10-9+,26-25+,27-17?. The molecule has 3 N–H and O–H groups in total. The molecule has 0 spiro atoms. The van der Waals surface area contributed by atoms with Gasteiger partial charge in [-0.15, -0.1) is 0 Å². The third kappa shape index (κ3) is 4.95. The van der Waals surface area contributed by atoms with E-state index in [0.29, 0.717) is 28.2 Å². The van der Waals surface area contributed by atoms with Crippen LogP contribution in [0.3, 0.4) is 0 Å². The molecule has 0 radical (unpaired) electrons. The third-order valence-corrected chi connectivity index (χ3v) is 4.83. The first-order valence-corrected chi connectivity index (χ1v) is 9.72. The van der Waals surface area contributed by atoms with Crippen LogP contribution in [0, 0.1) is 5.41 Å². The largest absolute Gasteiger partial charge is 0.507 e. The van der Waals surface area contributed by atoms with E-state index in [9.17, 15) is 10.2 Å². The summed E-state index contributed by atoms with van der Waals surface area (Å²) in [4.78, 5) is 0. The van der Waals surface area contributed by atoms with Gasteiger partial charge in [0.2, 0.25) is 0 Å². The molecule has 31 heavy (non-hydrogen) atoms. The smallest absolute Gasteiger partial charge is 0.139 e. The van der Waals surface area contributed by atoms with Gasteiger partial charge in [0.05, 0.1) is 19.8 Å². The zero-order valence-corrected chi connectivity index (χ0v) is 17.7. The van der Waals surface area contributed by atoms with Crippen LogP contribution >= 0.6 is 0 Å². The molecule has 0 heterocycles. The molecule has 3 aromatic rings. The Morgan fingerprint density at radius 2 is 1.55 bits per heavy atom. The van der Waals surface area contributed by atoms with Crippen molar-refractivity contribution in [1.82, 2.24) is 0 Å². The SMILES string of the molecule is CO/C(=C(\C(C)=N)c1ccc(OC)cc1)c1cc(/C=C/c2ccccc2)c(O)cc1O. The minimum absolute atomic E-state index is 0.0542. The van der Waals surface area contributed by atoms with Gasteiger partial charge < -0.3 is 25.1 Å². The number of phenolic OH excluding ortho intramolecular Hbond substituents is 2. The van der Waals surface area contributed by atoms with Crippen molar-refractivity contribution in [1.29, 1.82) is 5.41 Å². The van der Waals surface area contributed by atoms with Crippen LogP contribution in [0.4, 0.5) is 0 Å². The van der Waals surface area contributed by atoms with Gasteiger partial charge in [-0.05, 0) is 36.2 Å². The Bertz CT molecular complexity index is 1130. The highest BCUT2D eigenvalue weighted by Crippen LogP contribution is 2.37. The number of ether oxygens (including phenoxy) is 2. The zero-order valence-electron chi connectivity index (χ0n) is 17.7. The molecule has 0 fully saturated rings. The fourth-order valence-corrected chi connectivity index (χ4v) is 3.28. The van der Waals surface area contributed by atoms with Crippen LogP contribution in [0.15, 0.2) is 66.7 Å². The molecule has 0 unspecified atom stereocenters. The Kier molecular flexibility index (Phi) is 6.78. The summed E-state index contributed by atoms with van der Waals surface area (Å²) in [5, 5.41) is 29.2. The van der Waals surface area contributed by atoms with Crippen LogP contribution in [-0.4, -0.2) is 30.1 Å². The fourth-order valence-electron chi connectivity index (χ4n) is 3.28. The highest BCUT2D eigenvalue weighted by molar-refractivity contribution is 6.27. The van der Waals surface area contributed by atoms with Gasteiger partial charge in [0.15, 0.2) is 0 Å². The van der Waals surface area contributed by atoms with Crippen molar-refractivity contribution in [3.8, 4) is 17.2 Å². The summed E-state index contributed by atoms with van der Waals surface area (Å²) >= 11 is 0. The normalized spacial score (nSPS) is 11.8. The molecule has 0 saturated heterocycles. The van der Waals surface area contributed by atoms with Crippen molar-refractivity contribution in [2.75, 3.05) is 14.2 Å². The van der Waals surface area contributed by atoms with Gasteiger partial charge in [-0.2, -0.15) is 0 Å². The maximum absolute atomic E-state index is 10.6. The molecule has 0 bridgehead atoms. The van der Waals surface area contributed by atoms with Gasteiger partial charge >= 0.3 is 0 Å². The van der Waals surface area contributed by atoms with E-state index in [0.717, 1.165) is 11.1 Å². The Morgan fingerprint density at radius 1 is 0.871 bits per heavy atom. The molecular formula is C26H25NO4. The van der Waals surface area contributed by atoms with E-state index >= 15 is 0 Å². The van der Waals surface area contributed by atoms with Gasteiger partial charge in [-0.1, -0.05) is 54.6 Å². The predicted molar refractivity (Wildman–Crippen MR) is 125 cm³/mol. The Hall–Kier alpha value is -3.99. The maximum Gasteiger partial charge on any atom is 0.139 e. The fraction of sp³-hybridized carbons (Fsp3) is 0.115. The first-order chi connectivity index (χ1) is 14.9. The summed E-state index contributed by atoms with van der Waals surface area (Å²) in [5.74, 6) is 0.843. The number of allylic oxidation sites excluding steroid dienone is 1. The second-order valence-electron chi connectivity index (χ2n) is 6.93. The lowest BCUT2D eigenvalue weighted by atomic mass is 9.95. The highest BCUT2D eigenvalue weighted by atomic mass is 16.5. The summed E-state index contributed by atoms with van der Waals surface area (Å²) < 4.78 is 10.9. The van der Waals surface area contributed by atoms with E-state index in [1.54, 1.807) is 38.3 Å². The van der Waals surface area contributed by atoms with Gasteiger partial charge in [0.1, 0.15) is 23.0 Å². The molecule has 0 amide bonds. The number of phenols is 2. The first kappa shape index (κ1) is 21.7. The molecule has 0 aromatic heterocycles. The number of methoxy groups -OCH3 is 2. The maximum atomic E-state index is 10.6. The summed E-state index contributed by atoms with van der Waals surface area (Å²) in [7, 11) is 3.08. The second-order valence-corrected chi connectivity index (χ2v) is 6.93. The lowest BCUT2D eigenvalue weighted by Crippen LogP contribution is -2.03. The van der Waals surface area contributed by atoms with Crippen LogP contribution in [0.1, 0.15) is 29.2 Å². The van der Waals surface area contributed by atoms with Gasteiger partial charge in [0, 0.05) is 22.9 Å². The van der Waals surface area contributed by atoms with Gasteiger partial charge in [-0.25, -0.2) is 0 Å². The average Bonchev–Trinajstić information content (AvgIpc) is 2.78. The molecule has 3 rings (SSSR count). The van der Waals surface area contributed by atoms with Gasteiger partial charge in [-0.3, -0.25) is 0 Å². The number of nitrogens with one attached hydrogen (secondary N) is 1. The molecule has 0 atom stereocenters. The molecule has 0 aliphatic heterocycles. The molecule has 0 aliphatic rings. The Labute approximate surface area is 182 Å².